The van der Waals surface area contributed by atoms with Crippen LogP contribution in [0.5, 0.6) is 11.5 Å². The first-order valence-electron chi connectivity index (χ1n) is 11.6. The molecule has 34 heavy (non-hydrogen) atoms. The number of ether oxygens (including phenoxy) is 2. The van der Waals surface area contributed by atoms with Crippen LogP contribution in [0, 0.1) is 11.3 Å². The van der Waals surface area contributed by atoms with Gasteiger partial charge in [-0.15, -0.1) is 0 Å². The third-order valence-electron chi connectivity index (χ3n) is 5.78. The van der Waals surface area contributed by atoms with Crippen LogP contribution in [0.15, 0.2) is 65.3 Å². The van der Waals surface area contributed by atoms with E-state index in [1.807, 2.05) is 61.5 Å². The number of imide groups is 1. The van der Waals surface area contributed by atoms with Crippen molar-refractivity contribution in [3.8, 4) is 17.6 Å². The quantitative estimate of drug-likeness (QED) is 0.277. The van der Waals surface area contributed by atoms with Crippen LogP contribution in [-0.2, 0) is 9.59 Å². The minimum atomic E-state index is -0.576. The highest BCUT2D eigenvalue weighted by molar-refractivity contribution is 6.19. The van der Waals surface area contributed by atoms with Crippen molar-refractivity contribution in [1.82, 2.24) is 4.90 Å². The lowest BCUT2D eigenvalue weighted by molar-refractivity contribution is -0.143. The predicted octanol–water partition coefficient (Wildman–Crippen LogP) is 5.62. The van der Waals surface area contributed by atoms with E-state index in [0.29, 0.717) is 41.4 Å². The summed E-state index contributed by atoms with van der Waals surface area (Å²) in [6.07, 6.45) is 3.67. The van der Waals surface area contributed by atoms with Crippen LogP contribution in [0.2, 0.25) is 0 Å². The molecule has 0 aliphatic carbocycles. The Bertz CT molecular complexity index is 1160. The van der Waals surface area contributed by atoms with Crippen molar-refractivity contribution in [3.05, 3.63) is 76.4 Å². The zero-order valence-corrected chi connectivity index (χ0v) is 20.1. The molecule has 3 rings (SSSR count). The molecule has 6 heteroatoms. The normalized spacial score (nSPS) is 16.0. The van der Waals surface area contributed by atoms with Gasteiger partial charge in [-0.3, -0.25) is 14.5 Å². The summed E-state index contributed by atoms with van der Waals surface area (Å²) >= 11 is 0. The van der Waals surface area contributed by atoms with E-state index >= 15 is 0 Å². The first-order valence-corrected chi connectivity index (χ1v) is 11.6. The number of unbranched alkanes of at least 4 members (excludes halogenated alkanes) is 1. The Labute approximate surface area is 201 Å². The van der Waals surface area contributed by atoms with E-state index in [9.17, 15) is 14.9 Å². The number of amides is 2. The molecule has 1 atom stereocenters. The van der Waals surface area contributed by atoms with Crippen molar-refractivity contribution in [3.63, 3.8) is 0 Å². The second-order valence-corrected chi connectivity index (χ2v) is 8.08. The van der Waals surface area contributed by atoms with E-state index in [-0.39, 0.29) is 5.57 Å². The Morgan fingerprint density at radius 3 is 2.41 bits per heavy atom. The van der Waals surface area contributed by atoms with Gasteiger partial charge in [-0.1, -0.05) is 49.7 Å². The third-order valence-corrected chi connectivity index (χ3v) is 5.78. The van der Waals surface area contributed by atoms with E-state index in [4.69, 9.17) is 9.47 Å². The monoisotopic (exact) mass is 458 g/mol. The van der Waals surface area contributed by atoms with Gasteiger partial charge in [-0.2, -0.15) is 5.26 Å². The highest BCUT2D eigenvalue weighted by atomic mass is 16.5. The van der Waals surface area contributed by atoms with Gasteiger partial charge in [-0.05, 0) is 62.1 Å². The Hall–Kier alpha value is -3.85. The van der Waals surface area contributed by atoms with Gasteiger partial charge in [0.25, 0.3) is 11.8 Å². The van der Waals surface area contributed by atoms with E-state index < -0.39 is 17.9 Å². The number of carbonyl (C=O) groups is 2. The molecule has 2 aromatic rings. The molecule has 0 saturated heterocycles. The summed E-state index contributed by atoms with van der Waals surface area (Å²) in [7, 11) is 0. The Kier molecular flexibility index (Phi) is 8.26. The minimum Gasteiger partial charge on any atom is -0.490 e. The molecule has 1 aliphatic heterocycles. The maximum atomic E-state index is 13.5. The Balaban J connectivity index is 2.03. The van der Waals surface area contributed by atoms with Crippen LogP contribution in [0.1, 0.15) is 57.7 Å². The third kappa shape index (κ3) is 5.20. The van der Waals surface area contributed by atoms with Crippen molar-refractivity contribution in [1.29, 1.82) is 5.26 Å². The van der Waals surface area contributed by atoms with E-state index in [2.05, 4.69) is 6.92 Å². The van der Waals surface area contributed by atoms with Gasteiger partial charge in [0.2, 0.25) is 0 Å². The van der Waals surface area contributed by atoms with Crippen LogP contribution in [-0.4, -0.2) is 29.9 Å². The maximum absolute atomic E-state index is 13.5. The number of carbonyl (C=O) groups excluding carboxylic acids is 2. The van der Waals surface area contributed by atoms with Gasteiger partial charge >= 0.3 is 0 Å². The second-order valence-electron chi connectivity index (χ2n) is 8.08. The molecular formula is C28H30N2O4. The first-order chi connectivity index (χ1) is 16.4. The van der Waals surface area contributed by atoms with Crippen LogP contribution in [0.3, 0.4) is 0 Å². The van der Waals surface area contributed by atoms with Crippen molar-refractivity contribution >= 4 is 17.9 Å². The van der Waals surface area contributed by atoms with Crippen molar-refractivity contribution < 1.29 is 19.1 Å². The lowest BCUT2D eigenvalue weighted by Gasteiger charge is -2.32. The van der Waals surface area contributed by atoms with Crippen LogP contribution in [0.4, 0.5) is 0 Å². The molecule has 0 aromatic heterocycles. The lowest BCUT2D eigenvalue weighted by Crippen LogP contribution is -2.44. The fraction of sp³-hybridized carbons (Fsp3) is 0.321. The summed E-state index contributed by atoms with van der Waals surface area (Å²) in [4.78, 5) is 27.7. The minimum absolute atomic E-state index is 0.0295. The number of hydrogen-bond acceptors (Lipinski definition) is 5. The zero-order valence-electron chi connectivity index (χ0n) is 20.1. The van der Waals surface area contributed by atoms with Gasteiger partial charge in [0.05, 0.1) is 19.3 Å². The van der Waals surface area contributed by atoms with E-state index in [1.165, 1.54) is 4.90 Å². The second kappa shape index (κ2) is 11.3. The summed E-state index contributed by atoms with van der Waals surface area (Å²) in [5, 5.41) is 9.69. The number of nitrogens with zero attached hydrogens (tertiary/aromatic N) is 2. The number of benzene rings is 2. The molecule has 176 valence electrons. The highest BCUT2D eigenvalue weighted by Gasteiger charge is 2.38. The molecule has 0 saturated carbocycles. The molecule has 2 amide bonds. The number of nitriles is 1. The topological polar surface area (TPSA) is 79.6 Å². The average molecular weight is 459 g/mol. The highest BCUT2D eigenvalue weighted by Crippen LogP contribution is 2.34. The fourth-order valence-electron chi connectivity index (χ4n) is 3.83. The fourth-order valence-corrected chi connectivity index (χ4v) is 3.83. The predicted molar refractivity (Wildman–Crippen MR) is 131 cm³/mol. The summed E-state index contributed by atoms with van der Waals surface area (Å²) in [6, 6.07) is 16.2. The van der Waals surface area contributed by atoms with Crippen LogP contribution < -0.4 is 9.47 Å². The Morgan fingerprint density at radius 2 is 1.76 bits per heavy atom. The average Bonchev–Trinajstić information content (AvgIpc) is 2.84. The first kappa shape index (κ1) is 24.8. The van der Waals surface area contributed by atoms with Gasteiger partial charge < -0.3 is 9.47 Å². The van der Waals surface area contributed by atoms with Crippen LogP contribution >= 0.6 is 0 Å². The largest absolute Gasteiger partial charge is 0.490 e. The van der Waals surface area contributed by atoms with Crippen molar-refractivity contribution in [2.75, 3.05) is 13.2 Å². The van der Waals surface area contributed by atoms with E-state index in [1.54, 1.807) is 19.9 Å². The number of hydrogen-bond donors (Lipinski definition) is 0. The summed E-state index contributed by atoms with van der Waals surface area (Å²) in [5.74, 6) is 0.225. The summed E-state index contributed by atoms with van der Waals surface area (Å²) in [5.41, 5.74) is 2.18. The molecule has 1 unspecified atom stereocenters. The molecule has 0 bridgehead atoms. The van der Waals surface area contributed by atoms with Crippen molar-refractivity contribution in [2.45, 2.75) is 46.6 Å². The summed E-state index contributed by atoms with van der Waals surface area (Å²) in [6.45, 7) is 8.48. The van der Waals surface area contributed by atoms with Gasteiger partial charge in [0.15, 0.2) is 11.5 Å². The molecule has 1 heterocycles. The molecule has 0 N–H and O–H groups in total. The summed E-state index contributed by atoms with van der Waals surface area (Å²) < 4.78 is 11.6. The number of rotatable bonds is 9. The molecule has 0 spiro atoms. The maximum Gasteiger partial charge on any atom is 0.272 e. The molecule has 0 fully saturated rings. The van der Waals surface area contributed by atoms with Gasteiger partial charge in [-0.25, -0.2) is 0 Å². The van der Waals surface area contributed by atoms with Crippen molar-refractivity contribution in [2.24, 2.45) is 0 Å². The molecule has 2 aromatic carbocycles. The van der Waals surface area contributed by atoms with E-state index in [0.717, 1.165) is 18.4 Å². The standard InChI is InChI=1S/C28H30N2O4/c1-5-7-15-34-25-14-13-21(17-26(25)33-6-2)16-23-19(3)24(18-29)28(32)30(27(23)31)20(4)22-11-9-8-10-12-22/h8-14,16-17,20H,5-7,15H2,1-4H3/b23-16+. The zero-order chi connectivity index (χ0) is 24.7. The SMILES string of the molecule is CCCCOc1ccc(/C=C2/C(=O)N(C(C)c3ccccc3)C(=O)C(C#N)=C2C)cc1OCC. The van der Waals surface area contributed by atoms with Gasteiger partial charge in [0, 0.05) is 5.57 Å². The molecule has 0 radical (unpaired) electrons. The molecule has 6 nitrogen and oxygen atoms in total. The lowest BCUT2D eigenvalue weighted by atomic mass is 9.91. The Morgan fingerprint density at radius 1 is 1.03 bits per heavy atom. The molecular weight excluding hydrogens is 428 g/mol. The smallest absolute Gasteiger partial charge is 0.272 e. The van der Waals surface area contributed by atoms with Gasteiger partial charge in [0.1, 0.15) is 11.6 Å². The molecule has 1 aliphatic rings. The van der Waals surface area contributed by atoms with Crippen LogP contribution in [0.25, 0.3) is 6.08 Å².